The Morgan fingerprint density at radius 2 is 2.25 bits per heavy atom. The molecule has 0 aromatic heterocycles. The molecular formula is C4H10O3P+. The van der Waals surface area contributed by atoms with Crippen LogP contribution in [0.25, 0.3) is 0 Å². The zero-order chi connectivity index (χ0) is 6.41. The van der Waals surface area contributed by atoms with Gasteiger partial charge in [-0.2, -0.15) is 0 Å². The van der Waals surface area contributed by atoms with Crippen molar-refractivity contribution in [2.45, 2.75) is 13.3 Å². The molecule has 3 nitrogen and oxygen atoms in total. The highest BCUT2D eigenvalue weighted by atomic mass is 31.1. The first-order valence-electron chi connectivity index (χ1n) is 2.45. The molecule has 0 aliphatic heterocycles. The van der Waals surface area contributed by atoms with Gasteiger partial charge in [0, 0.05) is 4.57 Å². The summed E-state index contributed by atoms with van der Waals surface area (Å²) in [6.45, 7) is 2.45. The summed E-state index contributed by atoms with van der Waals surface area (Å²) in [6.07, 6.45) is 0.866. The Morgan fingerprint density at radius 1 is 1.62 bits per heavy atom. The number of hydrogen-bond donors (Lipinski definition) is 0. The maximum atomic E-state index is 10.3. The summed E-state index contributed by atoms with van der Waals surface area (Å²) in [7, 11) is -0.479. The minimum Gasteiger partial charge on any atom is -0.122 e. The lowest BCUT2D eigenvalue weighted by Crippen LogP contribution is -1.82. The van der Waals surface area contributed by atoms with Crippen LogP contribution >= 0.6 is 8.25 Å². The van der Waals surface area contributed by atoms with Gasteiger partial charge < -0.3 is 0 Å². The van der Waals surface area contributed by atoms with Gasteiger partial charge in [-0.25, -0.2) is 0 Å². The molecule has 1 unspecified atom stereocenters. The van der Waals surface area contributed by atoms with E-state index in [2.05, 4.69) is 9.05 Å². The van der Waals surface area contributed by atoms with Crippen LogP contribution in [0.4, 0.5) is 0 Å². The second kappa shape index (κ2) is 5.16. The molecule has 0 N–H and O–H groups in total. The molecule has 0 bridgehead atoms. The Morgan fingerprint density at radius 3 is 2.62 bits per heavy atom. The van der Waals surface area contributed by atoms with E-state index in [4.69, 9.17) is 0 Å². The average molecular weight is 137 g/mol. The summed E-state index contributed by atoms with van der Waals surface area (Å²) in [6, 6.07) is 0. The number of hydrogen-bond acceptors (Lipinski definition) is 3. The highest BCUT2D eigenvalue weighted by Gasteiger charge is 2.14. The molecule has 4 heteroatoms. The van der Waals surface area contributed by atoms with Crippen molar-refractivity contribution in [3.05, 3.63) is 0 Å². The SMILES string of the molecule is CCCO[P+](=O)OC. The number of rotatable bonds is 4. The standard InChI is InChI=1S/C4H10O3P/c1-3-4-7-8(5)6-2/h3-4H2,1-2H3/q+1. The third kappa shape index (κ3) is 4.19. The van der Waals surface area contributed by atoms with Gasteiger partial charge >= 0.3 is 8.25 Å². The summed E-state index contributed by atoms with van der Waals surface area (Å²) in [5.74, 6) is 0. The quantitative estimate of drug-likeness (QED) is 0.553. The van der Waals surface area contributed by atoms with Crippen LogP contribution in [0.2, 0.25) is 0 Å². The predicted molar refractivity (Wildman–Crippen MR) is 30.9 cm³/mol. The average Bonchev–Trinajstić information content (AvgIpc) is 1.83. The van der Waals surface area contributed by atoms with Crippen molar-refractivity contribution in [3.63, 3.8) is 0 Å². The van der Waals surface area contributed by atoms with Gasteiger partial charge in [0.05, 0.1) is 7.11 Å². The van der Waals surface area contributed by atoms with E-state index in [0.29, 0.717) is 6.61 Å². The highest BCUT2D eigenvalue weighted by Crippen LogP contribution is 2.20. The molecule has 0 amide bonds. The molecular weight excluding hydrogens is 127 g/mol. The van der Waals surface area contributed by atoms with Crippen LogP contribution in [0.5, 0.6) is 0 Å². The van der Waals surface area contributed by atoms with E-state index in [1.807, 2.05) is 6.92 Å². The normalized spacial score (nSPS) is 11.5. The fraction of sp³-hybridized carbons (Fsp3) is 1.00. The smallest absolute Gasteiger partial charge is 0.122 e. The van der Waals surface area contributed by atoms with Gasteiger partial charge in [-0.1, -0.05) is 6.92 Å². The molecule has 0 aliphatic rings. The molecule has 8 heavy (non-hydrogen) atoms. The molecule has 48 valence electrons. The lowest BCUT2D eigenvalue weighted by molar-refractivity contribution is 0.256. The van der Waals surface area contributed by atoms with Gasteiger partial charge in [0.15, 0.2) is 0 Å². The third-order valence-corrected chi connectivity index (χ3v) is 1.24. The maximum Gasteiger partial charge on any atom is 0.697 e. The van der Waals surface area contributed by atoms with Crippen molar-refractivity contribution in [2.24, 2.45) is 0 Å². The lowest BCUT2D eigenvalue weighted by Gasteiger charge is -1.80. The lowest BCUT2D eigenvalue weighted by atomic mass is 10.5. The molecule has 0 aromatic rings. The molecule has 0 saturated carbocycles. The van der Waals surface area contributed by atoms with Gasteiger partial charge in [0.2, 0.25) is 0 Å². The van der Waals surface area contributed by atoms with Gasteiger partial charge in [-0.3, -0.25) is 0 Å². The van der Waals surface area contributed by atoms with Crippen LogP contribution in [0.1, 0.15) is 13.3 Å². The minimum atomic E-state index is -1.83. The Hall–Kier alpha value is 0.0200. The second-order valence-corrected chi connectivity index (χ2v) is 2.31. The zero-order valence-electron chi connectivity index (χ0n) is 5.09. The van der Waals surface area contributed by atoms with Crippen molar-refractivity contribution in [3.8, 4) is 0 Å². The van der Waals surface area contributed by atoms with Gasteiger partial charge in [-0.15, -0.1) is 9.05 Å². The van der Waals surface area contributed by atoms with Crippen molar-refractivity contribution < 1.29 is 13.6 Å². The van der Waals surface area contributed by atoms with E-state index in [1.54, 1.807) is 0 Å². The zero-order valence-corrected chi connectivity index (χ0v) is 5.98. The third-order valence-electron chi connectivity index (χ3n) is 0.550. The van der Waals surface area contributed by atoms with Crippen molar-refractivity contribution in [1.82, 2.24) is 0 Å². The minimum absolute atomic E-state index is 0.503. The summed E-state index contributed by atoms with van der Waals surface area (Å²) in [4.78, 5) is 0. The van der Waals surface area contributed by atoms with Gasteiger partial charge in [0.25, 0.3) is 0 Å². The highest BCUT2D eigenvalue weighted by molar-refractivity contribution is 7.33. The van der Waals surface area contributed by atoms with Crippen LogP contribution in [0.3, 0.4) is 0 Å². The van der Waals surface area contributed by atoms with Crippen LogP contribution in [0.15, 0.2) is 0 Å². The summed E-state index contributed by atoms with van der Waals surface area (Å²) >= 11 is 0. The van der Waals surface area contributed by atoms with Crippen molar-refractivity contribution in [1.29, 1.82) is 0 Å². The van der Waals surface area contributed by atoms with E-state index in [0.717, 1.165) is 6.42 Å². The fourth-order valence-corrected chi connectivity index (χ4v) is 0.656. The van der Waals surface area contributed by atoms with Gasteiger partial charge in [-0.05, 0) is 6.42 Å². The van der Waals surface area contributed by atoms with E-state index >= 15 is 0 Å². The molecule has 0 spiro atoms. The Balaban J connectivity index is 2.99. The van der Waals surface area contributed by atoms with Crippen LogP contribution in [0, 0.1) is 0 Å². The predicted octanol–water partition coefficient (Wildman–Crippen LogP) is 1.72. The van der Waals surface area contributed by atoms with Crippen LogP contribution < -0.4 is 0 Å². The van der Waals surface area contributed by atoms with Crippen molar-refractivity contribution in [2.75, 3.05) is 13.7 Å². The molecule has 1 atom stereocenters. The first kappa shape index (κ1) is 8.02. The maximum absolute atomic E-state index is 10.3. The molecule has 0 fully saturated rings. The Kier molecular flexibility index (Phi) is 5.18. The molecule has 0 aliphatic carbocycles. The van der Waals surface area contributed by atoms with Crippen molar-refractivity contribution >= 4 is 8.25 Å². The topological polar surface area (TPSA) is 35.5 Å². The van der Waals surface area contributed by atoms with Crippen LogP contribution in [-0.4, -0.2) is 13.7 Å². The summed E-state index contributed by atoms with van der Waals surface area (Å²) < 4.78 is 19.2. The fourth-order valence-electron chi connectivity index (χ4n) is 0.219. The monoisotopic (exact) mass is 137 g/mol. The van der Waals surface area contributed by atoms with E-state index in [1.165, 1.54) is 7.11 Å². The molecule has 0 heterocycles. The van der Waals surface area contributed by atoms with Crippen LogP contribution in [-0.2, 0) is 13.6 Å². The largest absolute Gasteiger partial charge is 0.697 e. The summed E-state index contributed by atoms with van der Waals surface area (Å²) in [5, 5.41) is 0. The summed E-state index contributed by atoms with van der Waals surface area (Å²) in [5.41, 5.74) is 0. The van der Waals surface area contributed by atoms with E-state index in [9.17, 15) is 4.57 Å². The second-order valence-electron chi connectivity index (χ2n) is 1.24. The molecule has 0 radical (unpaired) electrons. The molecule has 0 aromatic carbocycles. The first-order valence-corrected chi connectivity index (χ1v) is 3.55. The Bertz CT molecular complexity index is 73.7. The van der Waals surface area contributed by atoms with Gasteiger partial charge in [0.1, 0.15) is 6.61 Å². The Labute approximate surface area is 49.9 Å². The molecule has 0 rings (SSSR count). The molecule has 0 saturated heterocycles. The van der Waals surface area contributed by atoms with E-state index < -0.39 is 8.25 Å². The first-order chi connectivity index (χ1) is 3.81. The van der Waals surface area contributed by atoms with E-state index in [-0.39, 0.29) is 0 Å².